The zero-order valence-electron chi connectivity index (χ0n) is 12.3. The predicted molar refractivity (Wildman–Crippen MR) is 82.9 cm³/mol. The van der Waals surface area contributed by atoms with Gasteiger partial charge in [-0.3, -0.25) is 9.69 Å². The average molecular weight is 293 g/mol. The number of ether oxygens (including phenoxy) is 1. The van der Waals surface area contributed by atoms with Crippen molar-refractivity contribution in [3.8, 4) is 0 Å². The van der Waals surface area contributed by atoms with E-state index in [1.807, 2.05) is 6.92 Å². The Hall–Kier alpha value is -1.00. The van der Waals surface area contributed by atoms with E-state index in [0.717, 1.165) is 32.5 Å². The maximum absolute atomic E-state index is 11.7. The van der Waals surface area contributed by atoms with Gasteiger partial charge >= 0.3 is 5.97 Å². The van der Waals surface area contributed by atoms with E-state index >= 15 is 0 Å². The Balaban J connectivity index is 1.80. The summed E-state index contributed by atoms with van der Waals surface area (Å²) < 4.78 is 5.10. The first kappa shape index (κ1) is 15.4. The molecule has 1 aliphatic heterocycles. The van der Waals surface area contributed by atoms with Gasteiger partial charge in [-0.1, -0.05) is 12.1 Å². The van der Waals surface area contributed by atoms with Crippen LogP contribution in [0.25, 0.3) is 0 Å². The molecular weight excluding hydrogens is 270 g/mol. The number of likely N-dealkylation sites (tertiary alicyclic amines) is 1. The van der Waals surface area contributed by atoms with E-state index in [1.165, 1.54) is 10.5 Å². The summed E-state index contributed by atoms with van der Waals surface area (Å²) in [6.45, 7) is 5.29. The van der Waals surface area contributed by atoms with Crippen LogP contribution < -0.4 is 0 Å². The number of benzene rings is 1. The van der Waals surface area contributed by atoms with Crippen molar-refractivity contribution >= 4 is 17.7 Å². The van der Waals surface area contributed by atoms with E-state index in [9.17, 15) is 4.79 Å². The molecule has 110 valence electrons. The van der Waals surface area contributed by atoms with Gasteiger partial charge in [0.15, 0.2) is 0 Å². The lowest BCUT2D eigenvalue weighted by Gasteiger charge is -2.30. The molecule has 3 nitrogen and oxygen atoms in total. The first-order valence-corrected chi connectivity index (χ1v) is 8.47. The molecule has 1 fully saturated rings. The summed E-state index contributed by atoms with van der Waals surface area (Å²) >= 11 is 1.77. The number of carbonyl (C=O) groups excluding carboxylic acids is 1. The highest BCUT2D eigenvalue weighted by Gasteiger charge is 2.25. The Labute approximate surface area is 125 Å². The highest BCUT2D eigenvalue weighted by molar-refractivity contribution is 7.98. The highest BCUT2D eigenvalue weighted by atomic mass is 32.2. The summed E-state index contributed by atoms with van der Waals surface area (Å²) in [6.07, 6.45) is 3.93. The van der Waals surface area contributed by atoms with Crippen molar-refractivity contribution in [2.45, 2.75) is 31.2 Å². The van der Waals surface area contributed by atoms with Crippen LogP contribution in [0.3, 0.4) is 0 Å². The average Bonchev–Trinajstić information content (AvgIpc) is 2.49. The predicted octanol–water partition coefficient (Wildman–Crippen LogP) is 3.18. The number of esters is 1. The molecule has 0 bridgehead atoms. The fraction of sp³-hybridized carbons (Fsp3) is 0.562. The summed E-state index contributed by atoms with van der Waals surface area (Å²) in [6, 6.07) is 8.74. The molecule has 0 aliphatic carbocycles. The van der Waals surface area contributed by atoms with Gasteiger partial charge in [-0.15, -0.1) is 11.8 Å². The van der Waals surface area contributed by atoms with E-state index in [2.05, 4.69) is 35.4 Å². The molecule has 0 N–H and O–H groups in total. The van der Waals surface area contributed by atoms with Gasteiger partial charge in [-0.2, -0.15) is 0 Å². The first-order valence-electron chi connectivity index (χ1n) is 7.25. The molecular formula is C16H23NO2S. The molecule has 0 unspecified atom stereocenters. The van der Waals surface area contributed by atoms with Gasteiger partial charge in [0.25, 0.3) is 0 Å². The van der Waals surface area contributed by atoms with Crippen LogP contribution in [0.15, 0.2) is 29.2 Å². The van der Waals surface area contributed by atoms with Crippen LogP contribution >= 0.6 is 11.8 Å². The van der Waals surface area contributed by atoms with Crippen molar-refractivity contribution in [2.75, 3.05) is 26.0 Å². The van der Waals surface area contributed by atoms with Gasteiger partial charge in [0.1, 0.15) is 0 Å². The lowest BCUT2D eigenvalue weighted by molar-refractivity contribution is -0.149. The molecule has 1 aromatic rings. The third kappa shape index (κ3) is 4.25. The van der Waals surface area contributed by atoms with Crippen LogP contribution in [0.1, 0.15) is 25.3 Å². The van der Waals surface area contributed by atoms with E-state index in [1.54, 1.807) is 11.8 Å². The van der Waals surface area contributed by atoms with Crippen LogP contribution in [-0.2, 0) is 16.1 Å². The number of thioether (sulfide) groups is 1. The fourth-order valence-electron chi connectivity index (χ4n) is 2.58. The second kappa shape index (κ2) is 7.70. The van der Waals surface area contributed by atoms with E-state index in [0.29, 0.717) is 6.61 Å². The van der Waals surface area contributed by atoms with Crippen LogP contribution in [0.4, 0.5) is 0 Å². The van der Waals surface area contributed by atoms with Crippen LogP contribution in [-0.4, -0.2) is 36.8 Å². The van der Waals surface area contributed by atoms with Crippen LogP contribution in [0.2, 0.25) is 0 Å². The van der Waals surface area contributed by atoms with Gasteiger partial charge in [-0.25, -0.2) is 0 Å². The Morgan fingerprint density at radius 2 is 1.95 bits per heavy atom. The topological polar surface area (TPSA) is 29.5 Å². The minimum atomic E-state index is -0.0172. The Kier molecular flexibility index (Phi) is 5.92. The quantitative estimate of drug-likeness (QED) is 0.616. The second-order valence-electron chi connectivity index (χ2n) is 5.15. The van der Waals surface area contributed by atoms with Crippen molar-refractivity contribution in [2.24, 2.45) is 5.92 Å². The standard InChI is InChI=1S/C16H23NO2S/c1-3-19-16(18)14-8-10-17(11-9-14)12-13-4-6-15(20-2)7-5-13/h4-7,14H,3,8-12H2,1-2H3. The summed E-state index contributed by atoms with van der Waals surface area (Å²) in [5.74, 6) is 0.0848. The maximum atomic E-state index is 11.7. The molecule has 0 spiro atoms. The molecule has 0 radical (unpaired) electrons. The van der Waals surface area contributed by atoms with Gasteiger partial charge in [0, 0.05) is 11.4 Å². The van der Waals surface area contributed by atoms with E-state index < -0.39 is 0 Å². The second-order valence-corrected chi connectivity index (χ2v) is 6.03. The summed E-state index contributed by atoms with van der Waals surface area (Å²) in [5, 5.41) is 0. The number of piperidine rings is 1. The zero-order chi connectivity index (χ0) is 14.4. The maximum Gasteiger partial charge on any atom is 0.309 e. The number of nitrogens with zero attached hydrogens (tertiary/aromatic N) is 1. The van der Waals surface area contributed by atoms with Gasteiger partial charge in [-0.05, 0) is 56.8 Å². The van der Waals surface area contributed by atoms with E-state index in [-0.39, 0.29) is 11.9 Å². The van der Waals surface area contributed by atoms with Crippen molar-refractivity contribution in [1.82, 2.24) is 4.90 Å². The third-order valence-electron chi connectivity index (χ3n) is 3.77. The molecule has 0 atom stereocenters. The van der Waals surface area contributed by atoms with Crippen molar-refractivity contribution in [3.63, 3.8) is 0 Å². The van der Waals surface area contributed by atoms with Crippen molar-refractivity contribution in [3.05, 3.63) is 29.8 Å². The Bertz CT molecular complexity index is 425. The fourth-order valence-corrected chi connectivity index (χ4v) is 2.98. The molecule has 20 heavy (non-hydrogen) atoms. The first-order chi connectivity index (χ1) is 9.72. The Morgan fingerprint density at radius 3 is 2.50 bits per heavy atom. The molecule has 1 saturated heterocycles. The lowest BCUT2D eigenvalue weighted by Crippen LogP contribution is -2.36. The molecule has 0 amide bonds. The summed E-state index contributed by atoms with van der Waals surface area (Å²) in [4.78, 5) is 15.4. The van der Waals surface area contributed by atoms with E-state index in [4.69, 9.17) is 4.74 Å². The highest BCUT2D eigenvalue weighted by Crippen LogP contribution is 2.21. The SMILES string of the molecule is CCOC(=O)C1CCN(Cc2ccc(SC)cc2)CC1. The molecule has 0 saturated carbocycles. The van der Waals surface area contributed by atoms with Crippen LogP contribution in [0, 0.1) is 5.92 Å². The monoisotopic (exact) mass is 293 g/mol. The Morgan fingerprint density at radius 1 is 1.30 bits per heavy atom. The molecule has 1 heterocycles. The summed E-state index contributed by atoms with van der Waals surface area (Å²) in [5.41, 5.74) is 1.34. The smallest absolute Gasteiger partial charge is 0.309 e. The number of rotatable bonds is 5. The molecule has 0 aromatic heterocycles. The normalized spacial score (nSPS) is 17.1. The number of hydrogen-bond acceptors (Lipinski definition) is 4. The van der Waals surface area contributed by atoms with Crippen molar-refractivity contribution < 1.29 is 9.53 Å². The van der Waals surface area contributed by atoms with Gasteiger partial charge < -0.3 is 4.74 Å². The molecule has 2 rings (SSSR count). The largest absolute Gasteiger partial charge is 0.466 e. The van der Waals surface area contributed by atoms with Gasteiger partial charge in [0.2, 0.25) is 0 Å². The summed E-state index contributed by atoms with van der Waals surface area (Å²) in [7, 11) is 0. The van der Waals surface area contributed by atoms with Crippen LogP contribution in [0.5, 0.6) is 0 Å². The van der Waals surface area contributed by atoms with Crippen molar-refractivity contribution in [1.29, 1.82) is 0 Å². The minimum Gasteiger partial charge on any atom is -0.466 e. The van der Waals surface area contributed by atoms with Gasteiger partial charge in [0.05, 0.1) is 12.5 Å². The molecule has 4 heteroatoms. The zero-order valence-corrected chi connectivity index (χ0v) is 13.1. The molecule has 1 aliphatic rings. The number of carbonyl (C=O) groups is 1. The molecule has 1 aromatic carbocycles. The minimum absolute atomic E-state index is 0.0172. The lowest BCUT2D eigenvalue weighted by atomic mass is 9.96. The number of hydrogen-bond donors (Lipinski definition) is 0. The third-order valence-corrected chi connectivity index (χ3v) is 4.52.